The summed E-state index contributed by atoms with van der Waals surface area (Å²) in [6.45, 7) is -0.228. The van der Waals surface area contributed by atoms with Crippen LogP contribution in [0.5, 0.6) is 0 Å². The molecule has 5 nitrogen and oxygen atoms in total. The second-order valence-corrected chi connectivity index (χ2v) is 8.48. The molecule has 0 spiro atoms. The van der Waals surface area contributed by atoms with Crippen LogP contribution in [0.15, 0.2) is 20.1 Å². The Balaban J connectivity index is 2.34. The maximum absolute atomic E-state index is 12.8. The minimum atomic E-state index is -3.67. The van der Waals surface area contributed by atoms with Crippen LogP contribution < -0.4 is 0 Å². The number of methoxy groups -OCH3 is 1. The molecule has 0 unspecified atom stereocenters. The normalized spacial score (nSPS) is 16.8. The van der Waals surface area contributed by atoms with Gasteiger partial charge in [0.2, 0.25) is 0 Å². The van der Waals surface area contributed by atoms with Gasteiger partial charge in [-0.2, -0.15) is 4.31 Å². The Morgan fingerprint density at radius 2 is 2.15 bits per heavy atom. The van der Waals surface area contributed by atoms with Gasteiger partial charge in [-0.25, -0.2) is 8.42 Å². The Hall–Kier alpha value is -0.440. The number of thiophene rings is 1. The summed E-state index contributed by atoms with van der Waals surface area (Å²) < 4.78 is 32.2. The number of hydrogen-bond donors (Lipinski definition) is 0. The predicted molar refractivity (Wildman–Crippen MR) is 80.2 cm³/mol. The van der Waals surface area contributed by atoms with E-state index in [9.17, 15) is 13.2 Å². The summed E-state index contributed by atoms with van der Waals surface area (Å²) in [5, 5.41) is 1.71. The zero-order valence-electron chi connectivity index (χ0n) is 11.0. The summed E-state index contributed by atoms with van der Waals surface area (Å²) in [6.07, 6.45) is 3.56. The largest absolute Gasteiger partial charge is 0.468 e. The summed E-state index contributed by atoms with van der Waals surface area (Å²) in [4.78, 5) is 11.5. The summed E-state index contributed by atoms with van der Waals surface area (Å²) in [5.41, 5.74) is 0. The monoisotopic (exact) mass is 381 g/mol. The van der Waals surface area contributed by atoms with Gasteiger partial charge in [0.15, 0.2) is 0 Å². The molecule has 0 atom stereocenters. The van der Waals surface area contributed by atoms with Gasteiger partial charge >= 0.3 is 5.97 Å². The average molecular weight is 382 g/mol. The number of hydrogen-bond acceptors (Lipinski definition) is 5. The highest BCUT2D eigenvalue weighted by molar-refractivity contribution is 9.10. The molecule has 2 rings (SSSR count). The van der Waals surface area contributed by atoms with Crippen LogP contribution in [-0.4, -0.2) is 38.4 Å². The summed E-state index contributed by atoms with van der Waals surface area (Å²) in [5.74, 6) is -0.534. The molecule has 1 aliphatic rings. The summed E-state index contributed by atoms with van der Waals surface area (Å²) in [6, 6.07) is 1.58. The lowest BCUT2D eigenvalue weighted by atomic mass is 10.2. The number of sulfonamides is 1. The van der Waals surface area contributed by atoms with Crippen molar-refractivity contribution in [2.75, 3.05) is 13.7 Å². The van der Waals surface area contributed by atoms with Crippen LogP contribution in [0, 0.1) is 0 Å². The van der Waals surface area contributed by atoms with E-state index in [2.05, 4.69) is 20.7 Å². The first-order valence-corrected chi connectivity index (χ1v) is 9.39. The molecule has 1 saturated carbocycles. The van der Waals surface area contributed by atoms with Crippen molar-refractivity contribution in [1.29, 1.82) is 0 Å². The van der Waals surface area contributed by atoms with Crippen molar-refractivity contribution in [2.45, 2.75) is 35.9 Å². The minimum absolute atomic E-state index is 0.118. The maximum Gasteiger partial charge on any atom is 0.321 e. The van der Waals surface area contributed by atoms with Crippen molar-refractivity contribution in [3.05, 3.63) is 15.9 Å². The smallest absolute Gasteiger partial charge is 0.321 e. The summed E-state index contributed by atoms with van der Waals surface area (Å²) in [7, 11) is -2.41. The third kappa shape index (κ3) is 3.24. The summed E-state index contributed by atoms with van der Waals surface area (Å²) >= 11 is 4.40. The lowest BCUT2D eigenvalue weighted by Crippen LogP contribution is -2.42. The fourth-order valence-electron chi connectivity index (χ4n) is 2.36. The zero-order chi connectivity index (χ0) is 14.8. The van der Waals surface area contributed by atoms with E-state index in [1.807, 2.05) is 0 Å². The molecule has 112 valence electrons. The van der Waals surface area contributed by atoms with Crippen LogP contribution in [0.3, 0.4) is 0 Å². The molecule has 20 heavy (non-hydrogen) atoms. The Labute approximate surface area is 131 Å². The fourth-order valence-corrected chi connectivity index (χ4v) is 6.42. The maximum atomic E-state index is 12.8. The Bertz CT molecular complexity index is 578. The molecule has 0 aliphatic heterocycles. The van der Waals surface area contributed by atoms with Crippen molar-refractivity contribution in [1.82, 2.24) is 4.31 Å². The molecule has 0 bridgehead atoms. The van der Waals surface area contributed by atoms with Gasteiger partial charge in [0.05, 0.1) is 7.11 Å². The Morgan fingerprint density at radius 1 is 1.50 bits per heavy atom. The number of nitrogens with zero attached hydrogens (tertiary/aromatic N) is 1. The van der Waals surface area contributed by atoms with Gasteiger partial charge in [-0.3, -0.25) is 4.79 Å². The first-order chi connectivity index (χ1) is 9.46. The van der Waals surface area contributed by atoms with Gasteiger partial charge in [-0.15, -0.1) is 11.3 Å². The Kier molecular flexibility index (Phi) is 5.22. The van der Waals surface area contributed by atoms with Crippen LogP contribution in [0.4, 0.5) is 0 Å². The third-order valence-corrected chi connectivity index (χ3v) is 7.92. The Morgan fingerprint density at radius 3 is 2.65 bits per heavy atom. The number of carbonyl (C=O) groups is 1. The quantitative estimate of drug-likeness (QED) is 0.735. The number of halogens is 1. The topological polar surface area (TPSA) is 63.7 Å². The molecule has 0 radical (unpaired) electrons. The zero-order valence-corrected chi connectivity index (χ0v) is 14.3. The van der Waals surface area contributed by atoms with Crippen LogP contribution >= 0.6 is 27.3 Å². The standard InChI is InChI=1S/C12H16BrNO4S2/c1-18-11(15)8-14(9-4-2-3-5-9)20(16,17)12-10(13)6-7-19-12/h6-7,9H,2-5,8H2,1H3. The van der Waals surface area contributed by atoms with E-state index in [1.165, 1.54) is 11.4 Å². The molecule has 0 N–H and O–H groups in total. The molecule has 0 amide bonds. The predicted octanol–water partition coefficient (Wildman–Crippen LogP) is 2.62. The molecule has 0 saturated heterocycles. The highest BCUT2D eigenvalue weighted by atomic mass is 79.9. The van der Waals surface area contributed by atoms with Gasteiger partial charge < -0.3 is 4.74 Å². The molecule has 1 aromatic heterocycles. The van der Waals surface area contributed by atoms with Gasteiger partial charge in [-0.05, 0) is 40.2 Å². The lowest BCUT2D eigenvalue weighted by molar-refractivity contribution is -0.141. The highest BCUT2D eigenvalue weighted by Gasteiger charge is 2.36. The van der Waals surface area contributed by atoms with Crippen LogP contribution in [0.1, 0.15) is 25.7 Å². The second kappa shape index (κ2) is 6.55. The number of esters is 1. The van der Waals surface area contributed by atoms with Crippen molar-refractivity contribution in [3.8, 4) is 0 Å². The molecule has 1 fully saturated rings. The third-order valence-electron chi connectivity index (χ3n) is 3.37. The van der Waals surface area contributed by atoms with Gasteiger partial charge in [0.25, 0.3) is 10.0 Å². The van der Waals surface area contributed by atoms with E-state index in [0.29, 0.717) is 4.47 Å². The van der Waals surface area contributed by atoms with Crippen LogP contribution in [-0.2, 0) is 19.6 Å². The SMILES string of the molecule is COC(=O)CN(C1CCCC1)S(=O)(=O)c1sccc1Br. The van der Waals surface area contributed by atoms with Crippen molar-refractivity contribution < 1.29 is 17.9 Å². The molecule has 1 aromatic rings. The fraction of sp³-hybridized carbons (Fsp3) is 0.583. The number of rotatable bonds is 5. The average Bonchev–Trinajstić information content (AvgIpc) is 3.06. The first kappa shape index (κ1) is 15.9. The van der Waals surface area contributed by atoms with Gasteiger partial charge in [0, 0.05) is 10.5 Å². The van der Waals surface area contributed by atoms with E-state index in [1.54, 1.807) is 11.4 Å². The van der Waals surface area contributed by atoms with Gasteiger partial charge in [0.1, 0.15) is 10.8 Å². The van der Waals surface area contributed by atoms with Crippen molar-refractivity contribution in [2.24, 2.45) is 0 Å². The van der Waals surface area contributed by atoms with E-state index in [4.69, 9.17) is 0 Å². The molecule has 1 aliphatic carbocycles. The number of ether oxygens (including phenoxy) is 1. The molecule has 8 heteroatoms. The first-order valence-electron chi connectivity index (χ1n) is 6.28. The number of carbonyl (C=O) groups excluding carboxylic acids is 1. The molecular weight excluding hydrogens is 366 g/mol. The second-order valence-electron chi connectivity index (χ2n) is 4.62. The van der Waals surface area contributed by atoms with Crippen LogP contribution in [0.2, 0.25) is 0 Å². The van der Waals surface area contributed by atoms with Crippen LogP contribution in [0.25, 0.3) is 0 Å². The van der Waals surface area contributed by atoms with E-state index in [-0.39, 0.29) is 16.8 Å². The van der Waals surface area contributed by atoms with Crippen molar-refractivity contribution in [3.63, 3.8) is 0 Å². The lowest BCUT2D eigenvalue weighted by Gasteiger charge is -2.26. The van der Waals surface area contributed by atoms with E-state index < -0.39 is 16.0 Å². The van der Waals surface area contributed by atoms with E-state index >= 15 is 0 Å². The van der Waals surface area contributed by atoms with Gasteiger partial charge in [-0.1, -0.05) is 12.8 Å². The molecular formula is C12H16BrNO4S2. The van der Waals surface area contributed by atoms with Crippen molar-refractivity contribution >= 4 is 43.3 Å². The molecule has 0 aromatic carbocycles. The minimum Gasteiger partial charge on any atom is -0.468 e. The molecule has 1 heterocycles. The van der Waals surface area contributed by atoms with E-state index in [0.717, 1.165) is 37.0 Å². The highest BCUT2D eigenvalue weighted by Crippen LogP contribution is 2.34.